The molecule has 0 spiro atoms. The van der Waals surface area contributed by atoms with Crippen molar-refractivity contribution in [3.05, 3.63) is 21.3 Å². The normalized spacial score (nSPS) is 10.5. The maximum Gasteiger partial charge on any atom is 0.217 e. The van der Waals surface area contributed by atoms with Crippen LogP contribution in [0, 0.1) is 0 Å². The Bertz CT molecular complexity index is 314. The maximum atomic E-state index is 10.4. The van der Waals surface area contributed by atoms with Crippen LogP contribution in [0.5, 0.6) is 0 Å². The van der Waals surface area contributed by atoms with Crippen LogP contribution in [0.1, 0.15) is 24.1 Å². The third-order valence-electron chi connectivity index (χ3n) is 1.95. The average molecular weight is 247 g/mol. The molecule has 0 aliphatic carbocycles. The summed E-state index contributed by atoms with van der Waals surface area (Å²) in [7, 11) is 0. The number of nitrogens with two attached hydrogens (primary N) is 1. The summed E-state index contributed by atoms with van der Waals surface area (Å²) < 4.78 is 0. The summed E-state index contributed by atoms with van der Waals surface area (Å²) in [6.45, 7) is 1.75. The average Bonchev–Trinajstić information content (AvgIpc) is 2.57. The molecule has 0 aliphatic rings. The zero-order valence-corrected chi connectivity index (χ0v) is 10.0. The second kappa shape index (κ2) is 6.82. The first-order chi connectivity index (χ1) is 7.18. The largest absolute Gasteiger partial charge is 0.370 e. The highest BCUT2D eigenvalue weighted by Crippen LogP contribution is 2.18. The summed E-state index contributed by atoms with van der Waals surface area (Å²) in [6.07, 6.45) is 2.31. The third-order valence-corrected chi connectivity index (χ3v) is 3.23. The molecule has 5 heteroatoms. The lowest BCUT2D eigenvalue weighted by atomic mass is 10.2. The highest BCUT2D eigenvalue weighted by atomic mass is 35.5. The lowest BCUT2D eigenvalue weighted by Gasteiger charge is -2.01. The van der Waals surface area contributed by atoms with E-state index in [-0.39, 0.29) is 5.91 Å². The van der Waals surface area contributed by atoms with Crippen molar-refractivity contribution >= 4 is 28.8 Å². The van der Waals surface area contributed by atoms with Gasteiger partial charge in [0.05, 0.1) is 5.02 Å². The Morgan fingerprint density at radius 1 is 1.53 bits per heavy atom. The number of halogens is 1. The van der Waals surface area contributed by atoms with Crippen molar-refractivity contribution in [2.45, 2.75) is 25.8 Å². The van der Waals surface area contributed by atoms with Crippen LogP contribution in [0.3, 0.4) is 0 Å². The molecule has 0 saturated heterocycles. The Morgan fingerprint density at radius 2 is 2.33 bits per heavy atom. The van der Waals surface area contributed by atoms with E-state index in [1.807, 2.05) is 11.4 Å². The second-order valence-electron chi connectivity index (χ2n) is 3.33. The van der Waals surface area contributed by atoms with Gasteiger partial charge >= 0.3 is 0 Å². The number of carbonyl (C=O) groups is 1. The molecule has 1 rings (SSSR count). The minimum Gasteiger partial charge on any atom is -0.370 e. The molecule has 0 aliphatic heterocycles. The van der Waals surface area contributed by atoms with Crippen LogP contribution in [0.25, 0.3) is 0 Å². The summed E-state index contributed by atoms with van der Waals surface area (Å²) in [6, 6.07) is 1.96. The Kier molecular flexibility index (Phi) is 5.68. The van der Waals surface area contributed by atoms with Crippen molar-refractivity contribution in [1.29, 1.82) is 0 Å². The maximum absolute atomic E-state index is 10.4. The molecular formula is C10H15ClN2OS. The summed E-state index contributed by atoms with van der Waals surface area (Å²) in [5, 5.41) is 6.01. The van der Waals surface area contributed by atoms with E-state index in [9.17, 15) is 4.79 Å². The molecule has 3 N–H and O–H groups in total. The van der Waals surface area contributed by atoms with Crippen LogP contribution >= 0.6 is 22.9 Å². The van der Waals surface area contributed by atoms with Gasteiger partial charge in [-0.3, -0.25) is 4.79 Å². The summed E-state index contributed by atoms with van der Waals surface area (Å²) >= 11 is 7.44. The topological polar surface area (TPSA) is 55.1 Å². The number of unbranched alkanes of at least 4 members (excludes halogenated alkanes) is 1. The van der Waals surface area contributed by atoms with Crippen LogP contribution in [-0.2, 0) is 11.3 Å². The van der Waals surface area contributed by atoms with E-state index >= 15 is 0 Å². The Morgan fingerprint density at radius 3 is 2.93 bits per heavy atom. The Balaban J connectivity index is 2.00. The van der Waals surface area contributed by atoms with E-state index in [1.54, 1.807) is 11.3 Å². The smallest absolute Gasteiger partial charge is 0.217 e. The predicted molar refractivity (Wildman–Crippen MR) is 64.1 cm³/mol. The van der Waals surface area contributed by atoms with Gasteiger partial charge in [0.2, 0.25) is 5.91 Å². The molecule has 0 fully saturated rings. The molecule has 0 bridgehead atoms. The van der Waals surface area contributed by atoms with Crippen LogP contribution in [0.2, 0.25) is 5.02 Å². The summed E-state index contributed by atoms with van der Waals surface area (Å²) in [5.41, 5.74) is 5.03. The lowest BCUT2D eigenvalue weighted by molar-refractivity contribution is -0.118. The van der Waals surface area contributed by atoms with Gasteiger partial charge in [0, 0.05) is 23.2 Å². The standard InChI is InChI=1S/C10H15ClN2OS/c11-8-5-9(15-7-8)6-13-4-2-1-3-10(12)14/h5,7,13H,1-4,6H2,(H2,12,14). The number of nitrogens with one attached hydrogen (secondary N) is 1. The van der Waals surface area contributed by atoms with Crippen molar-refractivity contribution in [3.8, 4) is 0 Å². The zero-order chi connectivity index (χ0) is 11.1. The molecule has 84 valence electrons. The summed E-state index contributed by atoms with van der Waals surface area (Å²) in [5.74, 6) is -0.222. The number of carbonyl (C=O) groups excluding carboxylic acids is 1. The van der Waals surface area contributed by atoms with Gasteiger partial charge in [-0.2, -0.15) is 0 Å². The SMILES string of the molecule is NC(=O)CCCCNCc1cc(Cl)cs1. The fraction of sp³-hybridized carbons (Fsp3) is 0.500. The van der Waals surface area contributed by atoms with Crippen molar-refractivity contribution in [2.24, 2.45) is 5.73 Å². The Hall–Kier alpha value is -0.580. The number of primary amides is 1. The number of thiophene rings is 1. The fourth-order valence-corrected chi connectivity index (χ4v) is 2.25. The first kappa shape index (κ1) is 12.5. The monoisotopic (exact) mass is 246 g/mol. The van der Waals surface area contributed by atoms with Gasteiger partial charge in [-0.1, -0.05) is 11.6 Å². The molecule has 0 atom stereocenters. The predicted octanol–water partition coefficient (Wildman–Crippen LogP) is 2.15. The van der Waals surface area contributed by atoms with Crippen molar-refractivity contribution in [2.75, 3.05) is 6.54 Å². The number of rotatable bonds is 7. The Labute approximate surface area is 98.6 Å². The first-order valence-electron chi connectivity index (χ1n) is 4.90. The molecule has 0 aromatic carbocycles. The van der Waals surface area contributed by atoms with E-state index in [1.165, 1.54) is 4.88 Å². The number of amides is 1. The molecule has 3 nitrogen and oxygen atoms in total. The van der Waals surface area contributed by atoms with E-state index in [0.29, 0.717) is 6.42 Å². The molecule has 0 saturated carbocycles. The van der Waals surface area contributed by atoms with Gasteiger partial charge in [0.25, 0.3) is 0 Å². The molecule has 1 heterocycles. The van der Waals surface area contributed by atoms with Gasteiger partial charge in [0.1, 0.15) is 0 Å². The molecule has 0 unspecified atom stereocenters. The minimum absolute atomic E-state index is 0.222. The minimum atomic E-state index is -0.222. The quantitative estimate of drug-likeness (QED) is 0.725. The highest BCUT2D eigenvalue weighted by Gasteiger charge is 1.97. The van der Waals surface area contributed by atoms with Gasteiger partial charge < -0.3 is 11.1 Å². The van der Waals surface area contributed by atoms with E-state index in [4.69, 9.17) is 17.3 Å². The van der Waals surface area contributed by atoms with Crippen LogP contribution < -0.4 is 11.1 Å². The highest BCUT2D eigenvalue weighted by molar-refractivity contribution is 7.10. The van der Waals surface area contributed by atoms with E-state index < -0.39 is 0 Å². The van der Waals surface area contributed by atoms with Gasteiger partial charge in [-0.25, -0.2) is 0 Å². The second-order valence-corrected chi connectivity index (χ2v) is 4.76. The van der Waals surface area contributed by atoms with Crippen LogP contribution in [0.4, 0.5) is 0 Å². The van der Waals surface area contributed by atoms with Gasteiger partial charge in [-0.05, 0) is 25.5 Å². The number of hydrogen-bond donors (Lipinski definition) is 2. The van der Waals surface area contributed by atoms with Gasteiger partial charge in [-0.15, -0.1) is 11.3 Å². The van der Waals surface area contributed by atoms with Crippen LogP contribution in [0.15, 0.2) is 11.4 Å². The lowest BCUT2D eigenvalue weighted by Crippen LogP contribution is -2.15. The van der Waals surface area contributed by atoms with Crippen molar-refractivity contribution in [3.63, 3.8) is 0 Å². The first-order valence-corrected chi connectivity index (χ1v) is 6.16. The molecule has 1 aromatic heterocycles. The van der Waals surface area contributed by atoms with Crippen molar-refractivity contribution < 1.29 is 4.79 Å². The third kappa shape index (κ3) is 5.77. The van der Waals surface area contributed by atoms with Crippen LogP contribution in [-0.4, -0.2) is 12.5 Å². The molecular weight excluding hydrogens is 232 g/mol. The fourth-order valence-electron chi connectivity index (χ4n) is 1.21. The summed E-state index contributed by atoms with van der Waals surface area (Å²) in [4.78, 5) is 11.7. The molecule has 1 aromatic rings. The number of hydrogen-bond acceptors (Lipinski definition) is 3. The van der Waals surface area contributed by atoms with Gasteiger partial charge in [0.15, 0.2) is 0 Å². The zero-order valence-electron chi connectivity index (χ0n) is 8.46. The molecule has 0 radical (unpaired) electrons. The molecule has 15 heavy (non-hydrogen) atoms. The molecule has 1 amide bonds. The van der Waals surface area contributed by atoms with E-state index in [2.05, 4.69) is 5.32 Å². The van der Waals surface area contributed by atoms with Crippen molar-refractivity contribution in [1.82, 2.24) is 5.32 Å². The van der Waals surface area contributed by atoms with E-state index in [0.717, 1.165) is 31.0 Å².